The predicted octanol–water partition coefficient (Wildman–Crippen LogP) is 14.7. The second kappa shape index (κ2) is 11.5. The Hall–Kier alpha value is -6.62. The van der Waals surface area contributed by atoms with E-state index >= 15 is 0 Å². The summed E-state index contributed by atoms with van der Waals surface area (Å²) in [4.78, 5) is 2.31. The van der Waals surface area contributed by atoms with Gasteiger partial charge >= 0.3 is 0 Å². The highest BCUT2D eigenvalue weighted by Crippen LogP contribution is 2.43. The molecule has 0 radical (unpaired) electrons. The zero-order chi connectivity index (χ0) is 34.2. The fourth-order valence-electron chi connectivity index (χ4n) is 7.91. The Kier molecular flexibility index (Phi) is 6.42. The molecule has 0 fully saturated rings. The Morgan fingerprint density at radius 2 is 0.865 bits per heavy atom. The third-order valence-corrected chi connectivity index (χ3v) is 11.4. The van der Waals surface area contributed by atoms with Crippen molar-refractivity contribution in [1.82, 2.24) is 0 Å². The molecule has 0 amide bonds. The van der Waals surface area contributed by atoms with E-state index in [0.29, 0.717) is 0 Å². The number of thiophene rings is 1. The van der Waals surface area contributed by atoms with Gasteiger partial charge < -0.3 is 13.7 Å². The zero-order valence-corrected chi connectivity index (χ0v) is 28.7. The van der Waals surface area contributed by atoms with E-state index in [0.717, 1.165) is 72.1 Å². The first-order valence-corrected chi connectivity index (χ1v) is 18.3. The van der Waals surface area contributed by atoms with Crippen LogP contribution in [-0.4, -0.2) is 0 Å². The second-order valence-corrected chi connectivity index (χ2v) is 14.3. The minimum Gasteiger partial charge on any atom is -0.456 e. The molecule has 0 spiro atoms. The molecule has 3 heterocycles. The summed E-state index contributed by atoms with van der Waals surface area (Å²) in [7, 11) is 0. The van der Waals surface area contributed by atoms with Gasteiger partial charge in [0.1, 0.15) is 22.3 Å². The highest BCUT2D eigenvalue weighted by Gasteiger charge is 2.18. The van der Waals surface area contributed by atoms with E-state index in [4.69, 9.17) is 8.83 Å². The number of nitrogens with zero attached hydrogens (tertiary/aromatic N) is 1. The van der Waals surface area contributed by atoms with E-state index in [2.05, 4.69) is 150 Å². The van der Waals surface area contributed by atoms with Crippen LogP contribution in [0, 0.1) is 0 Å². The lowest BCUT2D eigenvalue weighted by molar-refractivity contribution is 0.668. The molecule has 0 unspecified atom stereocenters. The second-order valence-electron chi connectivity index (χ2n) is 13.3. The van der Waals surface area contributed by atoms with Gasteiger partial charge in [0.2, 0.25) is 0 Å². The number of rotatable bonds is 5. The molecule has 0 aliphatic carbocycles. The molecule has 8 aromatic carbocycles. The van der Waals surface area contributed by atoms with Gasteiger partial charge in [-0.3, -0.25) is 0 Å². The SMILES string of the molecule is c1ccc2c(c1)oc1cc(N(c3ccc(-c4cccc5oc6ccccc6c45)cc3)c3ccc(-c4cccc5sc6ccccc6c45)cc3)ccc12. The number of fused-ring (bicyclic) bond motifs is 9. The van der Waals surface area contributed by atoms with Crippen LogP contribution in [0.5, 0.6) is 0 Å². The molecule has 11 rings (SSSR count). The Morgan fingerprint density at radius 1 is 0.346 bits per heavy atom. The first-order valence-electron chi connectivity index (χ1n) is 17.5. The molecule has 0 atom stereocenters. The molecule has 3 nitrogen and oxygen atoms in total. The third-order valence-electron chi connectivity index (χ3n) is 10.3. The third kappa shape index (κ3) is 4.51. The Bertz CT molecular complexity index is 2970. The number of hydrogen-bond acceptors (Lipinski definition) is 4. The first-order chi connectivity index (χ1) is 25.8. The molecule has 0 saturated carbocycles. The van der Waals surface area contributed by atoms with E-state index in [1.165, 1.54) is 31.3 Å². The Morgan fingerprint density at radius 3 is 1.62 bits per heavy atom. The highest BCUT2D eigenvalue weighted by molar-refractivity contribution is 7.25. The Labute approximate surface area is 303 Å². The van der Waals surface area contributed by atoms with Crippen molar-refractivity contribution in [3.63, 3.8) is 0 Å². The molecule has 52 heavy (non-hydrogen) atoms. The van der Waals surface area contributed by atoms with Gasteiger partial charge in [-0.2, -0.15) is 0 Å². The zero-order valence-electron chi connectivity index (χ0n) is 27.9. The highest BCUT2D eigenvalue weighted by atomic mass is 32.1. The van der Waals surface area contributed by atoms with Crippen LogP contribution in [0.25, 0.3) is 86.3 Å². The topological polar surface area (TPSA) is 29.5 Å². The number of para-hydroxylation sites is 2. The number of furan rings is 2. The maximum atomic E-state index is 6.37. The van der Waals surface area contributed by atoms with E-state index in [1.54, 1.807) is 0 Å². The standard InChI is InChI=1S/C48H29NO2S/c1-4-14-41-37(9-1)38-28-27-34(29-44(38)51-41)49(32-23-19-30(20-24-32)35-12-7-16-43-47(35)39-10-2-5-15-42(39)50-43)33-25-21-31(22-26-33)36-13-8-18-46-48(36)40-11-3-6-17-45(40)52-46/h1-29H. The van der Waals surface area contributed by atoms with Crippen LogP contribution < -0.4 is 4.90 Å². The molecular weight excluding hydrogens is 655 g/mol. The number of benzene rings is 8. The molecule has 3 aromatic heterocycles. The van der Waals surface area contributed by atoms with Gasteiger partial charge in [-0.15, -0.1) is 11.3 Å². The molecular formula is C48H29NO2S. The van der Waals surface area contributed by atoms with E-state index in [9.17, 15) is 0 Å². The molecule has 244 valence electrons. The predicted molar refractivity (Wildman–Crippen MR) is 219 cm³/mol. The summed E-state index contributed by atoms with van der Waals surface area (Å²) < 4.78 is 15.2. The van der Waals surface area contributed by atoms with E-state index in [1.807, 2.05) is 41.7 Å². The summed E-state index contributed by atoms with van der Waals surface area (Å²) in [5.74, 6) is 0. The number of hydrogen-bond donors (Lipinski definition) is 0. The van der Waals surface area contributed by atoms with Gasteiger partial charge in [-0.1, -0.05) is 103 Å². The fraction of sp³-hybridized carbons (Fsp3) is 0. The van der Waals surface area contributed by atoms with Crippen molar-refractivity contribution >= 4 is 92.4 Å². The van der Waals surface area contributed by atoms with Crippen LogP contribution in [0.15, 0.2) is 185 Å². The summed E-state index contributed by atoms with van der Waals surface area (Å²) in [6.45, 7) is 0. The summed E-state index contributed by atoms with van der Waals surface area (Å²) in [5, 5.41) is 7.13. The van der Waals surface area contributed by atoms with Crippen LogP contribution in [-0.2, 0) is 0 Å². The van der Waals surface area contributed by atoms with Gasteiger partial charge in [0.25, 0.3) is 0 Å². The summed E-state index contributed by atoms with van der Waals surface area (Å²) >= 11 is 1.85. The lowest BCUT2D eigenvalue weighted by Gasteiger charge is -2.26. The molecule has 0 bridgehead atoms. The average molecular weight is 684 g/mol. The summed E-state index contributed by atoms with van der Waals surface area (Å²) in [6, 6.07) is 62.5. The van der Waals surface area contributed by atoms with Gasteiger partial charge in [0.05, 0.1) is 0 Å². The summed E-state index contributed by atoms with van der Waals surface area (Å²) in [5.41, 5.74) is 11.5. The quantitative estimate of drug-likeness (QED) is 0.181. The van der Waals surface area contributed by atoms with Gasteiger partial charge in [0, 0.05) is 64.8 Å². The fourth-order valence-corrected chi connectivity index (χ4v) is 9.04. The van der Waals surface area contributed by atoms with Crippen molar-refractivity contribution in [2.24, 2.45) is 0 Å². The largest absolute Gasteiger partial charge is 0.456 e. The van der Waals surface area contributed by atoms with Gasteiger partial charge in [-0.05, 0) is 89.0 Å². The number of anilines is 3. The van der Waals surface area contributed by atoms with Crippen molar-refractivity contribution in [2.45, 2.75) is 0 Å². The van der Waals surface area contributed by atoms with Crippen LogP contribution in [0.2, 0.25) is 0 Å². The van der Waals surface area contributed by atoms with E-state index in [-0.39, 0.29) is 0 Å². The normalized spacial score (nSPS) is 11.8. The van der Waals surface area contributed by atoms with Crippen molar-refractivity contribution in [2.75, 3.05) is 4.90 Å². The first kappa shape index (κ1) is 29.1. The van der Waals surface area contributed by atoms with Crippen molar-refractivity contribution < 1.29 is 8.83 Å². The van der Waals surface area contributed by atoms with Crippen molar-refractivity contribution in [3.8, 4) is 22.3 Å². The lowest BCUT2D eigenvalue weighted by atomic mass is 9.98. The molecule has 0 saturated heterocycles. The van der Waals surface area contributed by atoms with Crippen molar-refractivity contribution in [1.29, 1.82) is 0 Å². The molecule has 0 N–H and O–H groups in total. The van der Waals surface area contributed by atoms with Gasteiger partial charge in [-0.25, -0.2) is 0 Å². The molecule has 0 aliphatic rings. The maximum absolute atomic E-state index is 6.37. The Balaban J connectivity index is 1.05. The van der Waals surface area contributed by atoms with Crippen LogP contribution in [0.4, 0.5) is 17.1 Å². The maximum Gasteiger partial charge on any atom is 0.137 e. The monoisotopic (exact) mass is 683 g/mol. The lowest BCUT2D eigenvalue weighted by Crippen LogP contribution is -2.09. The van der Waals surface area contributed by atoms with Crippen LogP contribution in [0.1, 0.15) is 0 Å². The van der Waals surface area contributed by atoms with Crippen LogP contribution in [0.3, 0.4) is 0 Å². The molecule has 4 heteroatoms. The minimum atomic E-state index is 0.867. The van der Waals surface area contributed by atoms with E-state index < -0.39 is 0 Å². The van der Waals surface area contributed by atoms with Gasteiger partial charge in [0.15, 0.2) is 0 Å². The van der Waals surface area contributed by atoms with Crippen molar-refractivity contribution in [3.05, 3.63) is 176 Å². The van der Waals surface area contributed by atoms with Crippen LogP contribution >= 0.6 is 11.3 Å². The molecule has 11 aromatic rings. The summed E-state index contributed by atoms with van der Waals surface area (Å²) in [6.07, 6.45) is 0. The average Bonchev–Trinajstić information content (AvgIpc) is 3.89. The molecule has 0 aliphatic heterocycles. The smallest absolute Gasteiger partial charge is 0.137 e. The minimum absolute atomic E-state index is 0.867.